The number of fused-ring (bicyclic) bond motifs is 1. The second-order valence-electron chi connectivity index (χ2n) is 7.85. The van der Waals surface area contributed by atoms with Crippen molar-refractivity contribution in [3.05, 3.63) is 64.4 Å². The zero-order chi connectivity index (χ0) is 21.0. The second-order valence-corrected chi connectivity index (χ2v) is 7.85. The third kappa shape index (κ3) is 4.59. The first-order valence-corrected chi connectivity index (χ1v) is 10.1. The molecule has 6 N–H and O–H groups in total. The molecule has 29 heavy (non-hydrogen) atoms. The van der Waals surface area contributed by atoms with Crippen LogP contribution in [0.15, 0.2) is 57.8 Å². The van der Waals surface area contributed by atoms with Gasteiger partial charge in [0.15, 0.2) is 0 Å². The van der Waals surface area contributed by atoms with Crippen molar-refractivity contribution in [3.8, 4) is 0 Å². The maximum absolute atomic E-state index is 6.20. The largest absolute Gasteiger partial charge is 0.401 e. The van der Waals surface area contributed by atoms with E-state index < -0.39 is 0 Å². The van der Waals surface area contributed by atoms with E-state index in [1.165, 1.54) is 11.1 Å². The minimum absolute atomic E-state index is 0.177. The van der Waals surface area contributed by atoms with Gasteiger partial charge in [0.2, 0.25) is 0 Å². The summed E-state index contributed by atoms with van der Waals surface area (Å²) < 4.78 is 0. The Labute approximate surface area is 173 Å². The highest BCUT2D eigenvalue weighted by molar-refractivity contribution is 6.38. The molecule has 0 bridgehead atoms. The maximum Gasteiger partial charge on any atom is 0.108 e. The van der Waals surface area contributed by atoms with Crippen molar-refractivity contribution >= 4 is 17.6 Å². The minimum atomic E-state index is 0.177. The van der Waals surface area contributed by atoms with E-state index in [0.29, 0.717) is 11.6 Å². The Kier molecular flexibility index (Phi) is 6.54. The van der Waals surface area contributed by atoms with Crippen molar-refractivity contribution in [2.75, 3.05) is 13.6 Å². The van der Waals surface area contributed by atoms with Gasteiger partial charge >= 0.3 is 0 Å². The molecule has 3 rings (SSSR count). The summed E-state index contributed by atoms with van der Waals surface area (Å²) in [4.78, 5) is 4.08. The van der Waals surface area contributed by atoms with Crippen molar-refractivity contribution < 1.29 is 0 Å². The molecular weight excluding hydrogens is 360 g/mol. The molecule has 1 aliphatic carbocycles. The summed E-state index contributed by atoms with van der Waals surface area (Å²) in [6.07, 6.45) is 9.41. The Morgan fingerprint density at radius 2 is 2.14 bits per heavy atom. The maximum atomic E-state index is 6.20. The van der Waals surface area contributed by atoms with Crippen LogP contribution in [0.5, 0.6) is 0 Å². The van der Waals surface area contributed by atoms with Gasteiger partial charge in [-0.25, -0.2) is 0 Å². The van der Waals surface area contributed by atoms with E-state index in [9.17, 15) is 0 Å². The fraction of sp³-hybridized carbons (Fsp3) is 0.391. The molecule has 0 radical (unpaired) electrons. The first-order valence-electron chi connectivity index (χ1n) is 10.1. The van der Waals surface area contributed by atoms with Crippen molar-refractivity contribution in [3.63, 3.8) is 0 Å². The first kappa shape index (κ1) is 20.9. The van der Waals surface area contributed by atoms with Crippen LogP contribution in [0.25, 0.3) is 5.70 Å². The second kappa shape index (κ2) is 9.09. The van der Waals surface area contributed by atoms with Crippen molar-refractivity contribution in [2.45, 2.75) is 39.3 Å². The molecule has 6 nitrogen and oxygen atoms in total. The quantitative estimate of drug-likeness (QED) is 0.359. The molecule has 0 saturated carbocycles. The molecule has 2 aliphatic rings. The summed E-state index contributed by atoms with van der Waals surface area (Å²) in [5.41, 5.74) is 13.2. The molecule has 1 aromatic carbocycles. The van der Waals surface area contributed by atoms with Gasteiger partial charge in [-0.3, -0.25) is 4.99 Å². The Balaban J connectivity index is 2.04. The predicted octanol–water partition coefficient (Wildman–Crippen LogP) is 2.84. The summed E-state index contributed by atoms with van der Waals surface area (Å²) in [5.74, 6) is 6.05. The summed E-state index contributed by atoms with van der Waals surface area (Å²) in [6, 6.07) is 6.74. The van der Waals surface area contributed by atoms with Gasteiger partial charge in [-0.15, -0.1) is 0 Å². The molecular formula is C23H32N6. The molecule has 0 spiro atoms. The number of hydrazone groups is 1. The molecule has 0 fully saturated rings. The van der Waals surface area contributed by atoms with E-state index in [-0.39, 0.29) is 12.1 Å². The third-order valence-corrected chi connectivity index (χ3v) is 5.56. The summed E-state index contributed by atoms with van der Waals surface area (Å²) in [6.45, 7) is 7.18. The van der Waals surface area contributed by atoms with Gasteiger partial charge in [-0.05, 0) is 37.8 Å². The van der Waals surface area contributed by atoms with E-state index in [0.717, 1.165) is 35.5 Å². The number of aliphatic imine (C=N–C) groups is 1. The van der Waals surface area contributed by atoms with Gasteiger partial charge < -0.3 is 22.2 Å². The lowest BCUT2D eigenvalue weighted by atomic mass is 9.89. The van der Waals surface area contributed by atoms with Gasteiger partial charge in [0.05, 0.1) is 5.70 Å². The van der Waals surface area contributed by atoms with Crippen LogP contribution in [0.3, 0.4) is 0 Å². The summed E-state index contributed by atoms with van der Waals surface area (Å²) in [5, 5.41) is 11.3. The number of rotatable bonds is 4. The number of benzene rings is 1. The highest BCUT2D eigenvalue weighted by Crippen LogP contribution is 2.32. The normalized spacial score (nSPS) is 26.6. The number of nitrogens with zero attached hydrogens (tertiary/aromatic N) is 2. The van der Waals surface area contributed by atoms with Crippen LogP contribution in [-0.4, -0.2) is 31.6 Å². The lowest BCUT2D eigenvalue weighted by Crippen LogP contribution is -2.37. The fourth-order valence-corrected chi connectivity index (χ4v) is 4.10. The van der Waals surface area contributed by atoms with Gasteiger partial charge in [0, 0.05) is 48.7 Å². The molecule has 1 aliphatic heterocycles. The molecule has 3 unspecified atom stereocenters. The SMILES string of the molecule is CN=CC(=NN)c1ccc2c(c1)C(NC1C=CC(C)=CC1C)CCN/C2=C(/C)N. The molecule has 0 aromatic heterocycles. The van der Waals surface area contributed by atoms with Crippen molar-refractivity contribution in [1.82, 2.24) is 10.6 Å². The topological polar surface area (TPSA) is 101 Å². The summed E-state index contributed by atoms with van der Waals surface area (Å²) in [7, 11) is 1.72. The van der Waals surface area contributed by atoms with E-state index in [1.807, 2.05) is 13.0 Å². The van der Waals surface area contributed by atoms with Crippen LogP contribution in [0.2, 0.25) is 0 Å². The molecule has 3 atom stereocenters. The summed E-state index contributed by atoms with van der Waals surface area (Å²) >= 11 is 0. The number of allylic oxidation sites excluding steroid dienone is 3. The third-order valence-electron chi connectivity index (χ3n) is 5.56. The van der Waals surface area contributed by atoms with Gasteiger partial charge in [0.25, 0.3) is 0 Å². The van der Waals surface area contributed by atoms with Crippen molar-refractivity contribution in [1.29, 1.82) is 0 Å². The van der Waals surface area contributed by atoms with E-state index in [4.69, 9.17) is 11.6 Å². The average Bonchev–Trinajstić information content (AvgIpc) is 2.87. The molecule has 0 saturated heterocycles. The highest BCUT2D eigenvalue weighted by atomic mass is 15.1. The van der Waals surface area contributed by atoms with Crippen LogP contribution in [0, 0.1) is 5.92 Å². The van der Waals surface area contributed by atoms with Gasteiger partial charge in [0.1, 0.15) is 5.71 Å². The molecule has 0 amide bonds. The highest BCUT2D eigenvalue weighted by Gasteiger charge is 2.26. The lowest BCUT2D eigenvalue weighted by molar-refractivity contribution is 0.410. The molecule has 6 heteroatoms. The number of hydrogen-bond acceptors (Lipinski definition) is 6. The Morgan fingerprint density at radius 1 is 1.34 bits per heavy atom. The zero-order valence-corrected chi connectivity index (χ0v) is 17.7. The molecule has 1 aromatic rings. The van der Waals surface area contributed by atoms with Crippen LogP contribution in [0.4, 0.5) is 0 Å². The van der Waals surface area contributed by atoms with Crippen molar-refractivity contribution in [2.24, 2.45) is 27.6 Å². The monoisotopic (exact) mass is 392 g/mol. The minimum Gasteiger partial charge on any atom is -0.401 e. The van der Waals surface area contributed by atoms with Crippen LogP contribution < -0.4 is 22.2 Å². The van der Waals surface area contributed by atoms with E-state index in [2.05, 4.69) is 64.9 Å². The lowest BCUT2D eigenvalue weighted by Gasteiger charge is -2.29. The molecule has 1 heterocycles. The number of hydrogen-bond donors (Lipinski definition) is 4. The van der Waals surface area contributed by atoms with Crippen LogP contribution >= 0.6 is 0 Å². The van der Waals surface area contributed by atoms with Crippen LogP contribution in [0.1, 0.15) is 49.9 Å². The first-order chi connectivity index (χ1) is 13.9. The fourth-order valence-electron chi connectivity index (χ4n) is 4.10. The number of nitrogens with two attached hydrogens (primary N) is 2. The Morgan fingerprint density at radius 3 is 2.79 bits per heavy atom. The van der Waals surface area contributed by atoms with E-state index >= 15 is 0 Å². The molecule has 154 valence electrons. The van der Waals surface area contributed by atoms with Gasteiger partial charge in [-0.2, -0.15) is 5.10 Å². The number of nitrogens with one attached hydrogen (secondary N) is 2. The Bertz CT molecular complexity index is 902. The average molecular weight is 393 g/mol. The van der Waals surface area contributed by atoms with Crippen LogP contribution in [-0.2, 0) is 0 Å². The van der Waals surface area contributed by atoms with E-state index in [1.54, 1.807) is 13.3 Å². The zero-order valence-electron chi connectivity index (χ0n) is 17.7. The predicted molar refractivity (Wildman–Crippen MR) is 123 cm³/mol. The standard InChI is InChI=1S/C23H32N6/c1-14-5-8-20(15(2)11-14)28-21-9-10-27-23(16(3)24)18-7-6-17(12-19(18)21)22(29-25)13-26-4/h5-8,11-13,15,20-21,27-28H,9-10,24-25H2,1-4H3/b23-16-,26-13?,29-22?. The smallest absolute Gasteiger partial charge is 0.108 e. The van der Waals surface area contributed by atoms with Gasteiger partial charge in [-0.1, -0.05) is 42.9 Å². The Hall–Kier alpha value is -2.86.